The third-order valence-corrected chi connectivity index (χ3v) is 5.77. The summed E-state index contributed by atoms with van der Waals surface area (Å²) in [5, 5.41) is 0.858. The molecule has 0 saturated heterocycles. The molecule has 0 spiro atoms. The largest absolute Gasteiger partial charge is 0.329 e. The van der Waals surface area contributed by atoms with E-state index >= 15 is 0 Å². The number of likely N-dealkylation sites (N-methyl/N-ethyl adjacent to an activating group) is 1. The Morgan fingerprint density at radius 2 is 2.05 bits per heavy atom. The minimum Gasteiger partial charge on any atom is -0.329 e. The molecule has 2 N–H and O–H groups in total. The molecule has 2 atom stereocenters. The van der Waals surface area contributed by atoms with Crippen LogP contribution in [-0.4, -0.2) is 24.0 Å². The van der Waals surface area contributed by atoms with Gasteiger partial charge in [-0.25, -0.2) is 0 Å². The second kappa shape index (κ2) is 7.62. The predicted octanol–water partition coefficient (Wildman–Crippen LogP) is 4.46. The average molecular weight is 309 g/mol. The molecule has 1 aromatic rings. The third-order valence-electron chi connectivity index (χ3n) is 5.40. The van der Waals surface area contributed by atoms with Gasteiger partial charge in [0.1, 0.15) is 0 Å². The number of hydrogen-bond donors (Lipinski definition) is 1. The van der Waals surface area contributed by atoms with E-state index in [1.54, 1.807) is 0 Å². The smallest absolute Gasteiger partial charge is 0.0451 e. The van der Waals surface area contributed by atoms with Crippen molar-refractivity contribution < 1.29 is 0 Å². The van der Waals surface area contributed by atoms with E-state index in [1.807, 2.05) is 12.1 Å². The molecule has 1 aromatic carbocycles. The summed E-state index contributed by atoms with van der Waals surface area (Å²) in [4.78, 5) is 2.45. The zero-order chi connectivity index (χ0) is 15.3. The van der Waals surface area contributed by atoms with Gasteiger partial charge in [-0.2, -0.15) is 0 Å². The molecule has 3 heteroatoms. The zero-order valence-corrected chi connectivity index (χ0v) is 14.2. The van der Waals surface area contributed by atoms with Gasteiger partial charge in [-0.3, -0.25) is 4.90 Å². The Morgan fingerprint density at radius 1 is 1.29 bits per heavy atom. The summed E-state index contributed by atoms with van der Waals surface area (Å²) in [6.07, 6.45) is 7.68. The number of halogens is 1. The minimum atomic E-state index is 0.142. The van der Waals surface area contributed by atoms with E-state index in [9.17, 15) is 0 Å². The SMILES string of the molecule is CCC1CCCC(CN)(N(C)Cc2ccccc2Cl)CC1. The molecule has 118 valence electrons. The van der Waals surface area contributed by atoms with Crippen molar-refractivity contribution in [2.24, 2.45) is 11.7 Å². The highest BCUT2D eigenvalue weighted by atomic mass is 35.5. The first-order valence-corrected chi connectivity index (χ1v) is 8.64. The van der Waals surface area contributed by atoms with E-state index in [2.05, 4.69) is 31.0 Å². The fourth-order valence-corrected chi connectivity index (χ4v) is 3.86. The van der Waals surface area contributed by atoms with Crippen molar-refractivity contribution in [1.82, 2.24) is 4.90 Å². The van der Waals surface area contributed by atoms with Crippen LogP contribution in [0.4, 0.5) is 0 Å². The minimum absolute atomic E-state index is 0.142. The van der Waals surface area contributed by atoms with E-state index in [0.717, 1.165) is 24.0 Å². The molecule has 0 heterocycles. The lowest BCUT2D eigenvalue weighted by Crippen LogP contribution is -2.51. The Morgan fingerprint density at radius 3 is 2.71 bits per heavy atom. The first-order valence-electron chi connectivity index (χ1n) is 8.26. The highest BCUT2D eigenvalue weighted by Crippen LogP contribution is 2.36. The van der Waals surface area contributed by atoms with E-state index in [4.69, 9.17) is 17.3 Å². The first kappa shape index (κ1) is 16.8. The molecule has 21 heavy (non-hydrogen) atoms. The Bertz CT molecular complexity index is 449. The van der Waals surface area contributed by atoms with Crippen molar-refractivity contribution in [3.63, 3.8) is 0 Å². The number of benzene rings is 1. The van der Waals surface area contributed by atoms with Crippen molar-refractivity contribution >= 4 is 11.6 Å². The van der Waals surface area contributed by atoms with Gasteiger partial charge < -0.3 is 5.73 Å². The van der Waals surface area contributed by atoms with Crippen LogP contribution in [0.25, 0.3) is 0 Å². The molecule has 0 aromatic heterocycles. The van der Waals surface area contributed by atoms with Gasteiger partial charge in [0.25, 0.3) is 0 Å². The van der Waals surface area contributed by atoms with Crippen LogP contribution in [0.5, 0.6) is 0 Å². The van der Waals surface area contributed by atoms with Crippen LogP contribution in [0.3, 0.4) is 0 Å². The highest BCUT2D eigenvalue weighted by Gasteiger charge is 2.35. The molecule has 1 aliphatic carbocycles. The normalized spacial score (nSPS) is 26.8. The lowest BCUT2D eigenvalue weighted by atomic mass is 9.87. The van der Waals surface area contributed by atoms with Crippen LogP contribution < -0.4 is 5.73 Å². The summed E-state index contributed by atoms with van der Waals surface area (Å²) in [5.41, 5.74) is 7.55. The molecule has 2 unspecified atom stereocenters. The maximum atomic E-state index is 6.32. The molecular formula is C18H29ClN2. The first-order chi connectivity index (χ1) is 10.1. The summed E-state index contributed by atoms with van der Waals surface area (Å²) >= 11 is 6.32. The molecule has 1 fully saturated rings. The standard InChI is InChI=1S/C18H29ClN2/c1-3-15-7-6-11-18(14-20,12-10-15)21(2)13-16-8-4-5-9-17(16)19/h4-5,8-9,15H,3,6-7,10-14,20H2,1-2H3. The van der Waals surface area contributed by atoms with Gasteiger partial charge in [-0.15, -0.1) is 0 Å². The molecule has 0 bridgehead atoms. The molecular weight excluding hydrogens is 280 g/mol. The average Bonchev–Trinajstić information content (AvgIpc) is 2.72. The van der Waals surface area contributed by atoms with Gasteiger partial charge in [0.2, 0.25) is 0 Å². The number of nitrogens with zero attached hydrogens (tertiary/aromatic N) is 1. The molecule has 0 amide bonds. The fraction of sp³-hybridized carbons (Fsp3) is 0.667. The van der Waals surface area contributed by atoms with Gasteiger partial charge >= 0.3 is 0 Å². The third kappa shape index (κ3) is 4.00. The van der Waals surface area contributed by atoms with Crippen LogP contribution in [0, 0.1) is 5.92 Å². The molecule has 1 aliphatic rings. The molecule has 1 saturated carbocycles. The Labute approximate surface area is 134 Å². The second-order valence-corrected chi connectivity index (χ2v) is 6.99. The van der Waals surface area contributed by atoms with Gasteiger partial charge in [-0.05, 0) is 43.9 Å². The summed E-state index contributed by atoms with van der Waals surface area (Å²) in [6.45, 7) is 3.94. The van der Waals surface area contributed by atoms with Crippen LogP contribution in [0.15, 0.2) is 24.3 Å². The second-order valence-electron chi connectivity index (χ2n) is 6.58. The van der Waals surface area contributed by atoms with Gasteiger partial charge in [0.05, 0.1) is 0 Å². The lowest BCUT2D eigenvalue weighted by Gasteiger charge is -2.41. The van der Waals surface area contributed by atoms with Crippen molar-refractivity contribution in [1.29, 1.82) is 0 Å². The van der Waals surface area contributed by atoms with Crippen molar-refractivity contribution in [2.75, 3.05) is 13.6 Å². The highest BCUT2D eigenvalue weighted by molar-refractivity contribution is 6.31. The quantitative estimate of drug-likeness (QED) is 0.814. The van der Waals surface area contributed by atoms with Crippen LogP contribution in [-0.2, 0) is 6.54 Å². The van der Waals surface area contributed by atoms with Gasteiger partial charge in [0, 0.05) is 23.7 Å². The Hall–Kier alpha value is -0.570. The predicted molar refractivity (Wildman–Crippen MR) is 91.6 cm³/mol. The topological polar surface area (TPSA) is 29.3 Å². The zero-order valence-electron chi connectivity index (χ0n) is 13.4. The Balaban J connectivity index is 2.10. The summed E-state index contributed by atoms with van der Waals surface area (Å²) in [5.74, 6) is 0.882. The maximum Gasteiger partial charge on any atom is 0.0451 e. The van der Waals surface area contributed by atoms with E-state index in [1.165, 1.54) is 44.1 Å². The maximum absolute atomic E-state index is 6.32. The number of rotatable bonds is 5. The monoisotopic (exact) mass is 308 g/mol. The van der Waals surface area contributed by atoms with E-state index in [0.29, 0.717) is 0 Å². The molecule has 2 rings (SSSR count). The van der Waals surface area contributed by atoms with E-state index < -0.39 is 0 Å². The number of nitrogens with two attached hydrogens (primary N) is 1. The number of hydrogen-bond acceptors (Lipinski definition) is 2. The molecule has 0 aliphatic heterocycles. The van der Waals surface area contributed by atoms with Crippen LogP contribution in [0.2, 0.25) is 5.02 Å². The van der Waals surface area contributed by atoms with Crippen molar-refractivity contribution in [2.45, 2.75) is 57.5 Å². The molecule has 2 nitrogen and oxygen atoms in total. The van der Waals surface area contributed by atoms with Crippen LogP contribution in [0.1, 0.15) is 51.0 Å². The lowest BCUT2D eigenvalue weighted by molar-refractivity contribution is 0.0984. The Kier molecular flexibility index (Phi) is 6.09. The fourth-order valence-electron chi connectivity index (χ4n) is 3.66. The molecule has 0 radical (unpaired) electrons. The van der Waals surface area contributed by atoms with Gasteiger partial charge in [0.15, 0.2) is 0 Å². The van der Waals surface area contributed by atoms with Crippen molar-refractivity contribution in [3.8, 4) is 0 Å². The summed E-state index contributed by atoms with van der Waals surface area (Å²) < 4.78 is 0. The summed E-state index contributed by atoms with van der Waals surface area (Å²) in [7, 11) is 2.21. The van der Waals surface area contributed by atoms with Crippen molar-refractivity contribution in [3.05, 3.63) is 34.9 Å². The van der Waals surface area contributed by atoms with E-state index in [-0.39, 0.29) is 5.54 Å². The van der Waals surface area contributed by atoms with Crippen LogP contribution >= 0.6 is 11.6 Å². The summed E-state index contributed by atoms with van der Waals surface area (Å²) in [6, 6.07) is 8.14. The van der Waals surface area contributed by atoms with Gasteiger partial charge in [-0.1, -0.05) is 56.0 Å².